The molecule has 5 aliphatic rings. The number of H-pyrrole nitrogens is 2. The largest absolute Gasteiger partial charge is 0.508 e. The molecule has 0 bridgehead atoms. The van der Waals surface area contributed by atoms with Gasteiger partial charge in [-0.05, 0) is 194 Å². The van der Waals surface area contributed by atoms with Gasteiger partial charge in [-0.3, -0.25) is 4.79 Å². The number of aromatic hydroxyl groups is 2. The van der Waals surface area contributed by atoms with Crippen molar-refractivity contribution in [1.82, 2.24) is 28.2 Å². The van der Waals surface area contributed by atoms with Crippen LogP contribution in [0.3, 0.4) is 0 Å². The third kappa shape index (κ3) is 17.8. The van der Waals surface area contributed by atoms with E-state index in [0.29, 0.717) is 11.5 Å². The highest BCUT2D eigenvalue weighted by atomic mass is 16.4. The minimum Gasteiger partial charge on any atom is -0.508 e. The number of carbonyl (C=O) groups is 1. The lowest BCUT2D eigenvalue weighted by Crippen LogP contribution is -2.34. The number of anilines is 4. The summed E-state index contributed by atoms with van der Waals surface area (Å²) in [5, 5.41) is 44.0. The number of hydrogen-bond acceptors (Lipinski definition) is 6. The highest BCUT2D eigenvalue weighted by Crippen LogP contribution is 2.41. The quantitative estimate of drug-likeness (QED) is 0.103. The number of phenolic OH excluding ortho intramolecular Hbond substituents is 2. The minimum absolute atomic E-state index is 0.0734. The number of fused-ring (bicyclic) bond motifs is 16. The molecule has 21 aromatic rings. The normalized spacial score (nSPS) is 13.1. The molecule has 128 heavy (non-hydrogen) atoms. The second-order valence-corrected chi connectivity index (χ2v) is 33.4. The predicted molar refractivity (Wildman–Crippen MR) is 538 cm³/mol. The van der Waals surface area contributed by atoms with Gasteiger partial charge in [0.2, 0.25) is 0 Å². The summed E-state index contributed by atoms with van der Waals surface area (Å²) >= 11 is 0. The second kappa shape index (κ2) is 38.5. The van der Waals surface area contributed by atoms with Crippen molar-refractivity contribution in [1.29, 1.82) is 0 Å². The Balaban J connectivity index is 0.0000000973. The number of phenols is 2. The zero-order chi connectivity index (χ0) is 87.4. The molecule has 13 heteroatoms. The molecule has 6 aromatic heterocycles. The molecule has 0 fully saturated rings. The minimum atomic E-state index is -0.801. The maximum Gasteiger partial charge on any atom is 0.307 e. The van der Waals surface area contributed by atoms with Crippen molar-refractivity contribution in [3.63, 3.8) is 0 Å². The van der Waals surface area contributed by atoms with E-state index in [0.717, 1.165) is 41.2 Å². The summed E-state index contributed by atoms with van der Waals surface area (Å²) in [6.45, 7) is 8.77. The number of benzene rings is 15. The average Bonchev–Trinajstić information content (AvgIpc) is 1.50. The number of carboxylic acid groups (broad SMARTS) is 1. The number of hydrogen-bond donors (Lipinski definition) is 6. The van der Waals surface area contributed by atoms with Crippen LogP contribution in [0.4, 0.5) is 22.7 Å². The molecule has 0 amide bonds. The Hall–Kier alpha value is -15.2. The maximum absolute atomic E-state index is 10.5. The molecule has 0 aliphatic carbocycles. The molecule has 26 rings (SSSR count). The van der Waals surface area contributed by atoms with Crippen LogP contribution >= 0.6 is 0 Å². The van der Waals surface area contributed by atoms with E-state index in [4.69, 9.17) is 5.11 Å². The first-order chi connectivity index (χ1) is 62.9. The Morgan fingerprint density at radius 3 is 1.30 bits per heavy atom. The first-order valence-electron chi connectivity index (χ1n) is 44.8. The number of nitrogens with one attached hydrogen (secondary N) is 3. The van der Waals surface area contributed by atoms with Crippen molar-refractivity contribution in [3.05, 3.63) is 404 Å². The van der Waals surface area contributed by atoms with Crippen molar-refractivity contribution < 1.29 is 20.1 Å². The van der Waals surface area contributed by atoms with E-state index in [1.165, 1.54) is 214 Å². The summed E-state index contributed by atoms with van der Waals surface area (Å²) in [6, 6.07) is 121. The van der Waals surface area contributed by atoms with Crippen LogP contribution in [0.5, 0.6) is 11.5 Å². The van der Waals surface area contributed by atoms with Gasteiger partial charge in [-0.15, -0.1) is 0 Å². The molecule has 0 saturated heterocycles. The second-order valence-electron chi connectivity index (χ2n) is 33.4. The number of carboxylic acids is 1. The monoisotopic (exact) mass is 1680 g/mol. The van der Waals surface area contributed by atoms with E-state index in [1.807, 2.05) is 67.8 Å². The van der Waals surface area contributed by atoms with Crippen molar-refractivity contribution in [2.75, 3.05) is 41.3 Å². The van der Waals surface area contributed by atoms with Gasteiger partial charge in [-0.1, -0.05) is 261 Å². The number of aromatic nitrogens is 6. The Kier molecular flexibility index (Phi) is 25.2. The van der Waals surface area contributed by atoms with Crippen LogP contribution in [-0.4, -0.2) is 75.7 Å². The zero-order valence-corrected chi connectivity index (χ0v) is 72.9. The van der Waals surface area contributed by atoms with Crippen LogP contribution in [0.15, 0.2) is 365 Å². The van der Waals surface area contributed by atoms with E-state index < -0.39 is 5.97 Å². The highest BCUT2D eigenvalue weighted by Gasteiger charge is 2.26. The van der Waals surface area contributed by atoms with Crippen molar-refractivity contribution in [2.45, 2.75) is 70.6 Å². The number of aliphatic carboxylic acids is 1. The number of nitrogens with zero attached hydrogens (tertiary/aromatic N) is 6. The molecule has 6 N–H and O–H groups in total. The molecule has 636 valence electrons. The van der Waals surface area contributed by atoms with Gasteiger partial charge in [0.25, 0.3) is 0 Å². The van der Waals surface area contributed by atoms with E-state index >= 15 is 0 Å². The van der Waals surface area contributed by atoms with Gasteiger partial charge in [0.1, 0.15) is 11.5 Å². The van der Waals surface area contributed by atoms with Gasteiger partial charge in [0.15, 0.2) is 0 Å². The van der Waals surface area contributed by atoms with Gasteiger partial charge < -0.3 is 58.7 Å². The highest BCUT2D eigenvalue weighted by molar-refractivity contribution is 6.11. The third-order valence-electron chi connectivity index (χ3n) is 25.6. The molecule has 0 atom stereocenters. The molecule has 13 nitrogen and oxygen atoms in total. The molecular weight excluding hydrogens is 1570 g/mol. The van der Waals surface area contributed by atoms with Crippen molar-refractivity contribution in [2.24, 2.45) is 21.1 Å². The molecule has 0 radical (unpaired) electrons. The van der Waals surface area contributed by atoms with Gasteiger partial charge in [-0.2, -0.15) is 0 Å². The van der Waals surface area contributed by atoms with E-state index in [1.54, 1.807) is 35.1 Å². The molecule has 5 aliphatic heterocycles. The van der Waals surface area contributed by atoms with Gasteiger partial charge in [0, 0.05) is 192 Å². The lowest BCUT2D eigenvalue weighted by molar-refractivity contribution is -0.136. The summed E-state index contributed by atoms with van der Waals surface area (Å²) in [6.07, 6.45) is 15.9. The Morgan fingerprint density at radius 2 is 0.773 bits per heavy atom. The Morgan fingerprint density at radius 1 is 0.359 bits per heavy atom. The number of rotatable bonds is 4. The fraction of sp³-hybridized carbons (Fsp3) is 0.157. The van der Waals surface area contributed by atoms with Gasteiger partial charge in [-0.25, -0.2) is 0 Å². The van der Waals surface area contributed by atoms with Crippen LogP contribution in [0.25, 0.3) is 126 Å². The fourth-order valence-corrected chi connectivity index (χ4v) is 19.4. The molecule has 0 saturated carbocycles. The summed E-state index contributed by atoms with van der Waals surface area (Å²) in [5.41, 5.74) is 29.4. The maximum atomic E-state index is 10.5. The smallest absolute Gasteiger partial charge is 0.307 e. The summed E-state index contributed by atoms with van der Waals surface area (Å²) in [4.78, 5) is 21.9. The third-order valence-corrected chi connectivity index (χ3v) is 25.6. The first kappa shape index (κ1) is 83.7. The number of aryl methyl sites for hydroxylation is 8. The van der Waals surface area contributed by atoms with Gasteiger partial charge in [0.05, 0.1) is 23.0 Å². The van der Waals surface area contributed by atoms with Crippen LogP contribution in [0.1, 0.15) is 64.6 Å². The predicted octanol–water partition coefficient (Wildman–Crippen LogP) is 27.2. The zero-order valence-electron chi connectivity index (χ0n) is 72.9. The van der Waals surface area contributed by atoms with Crippen LogP contribution in [0, 0.1) is 0 Å². The number of para-hydroxylation sites is 12. The lowest BCUT2D eigenvalue weighted by Gasteiger charge is -2.36. The van der Waals surface area contributed by atoms with Gasteiger partial charge >= 0.3 is 5.97 Å². The summed E-state index contributed by atoms with van der Waals surface area (Å²) in [7, 11) is 6.25. The molecular formula is C115H107N9O4. The summed E-state index contributed by atoms with van der Waals surface area (Å²) in [5.74, 6) is 0.00788. The topological polar surface area (TPSA) is 148 Å². The molecule has 11 heterocycles. The average molecular weight is 1680 g/mol. The SMILES string of the molecule is C=Cn1c2ccccc2c2ccccc21.Cn1c(-c2ccccc2)cc2ccccc21.Cn1c2ccccc2c2ccc(O)cc21.Cn1c2ccccc2c2ccccc21.O=C(O)Cc1c[nH]c2ccccc12.Oc1ccc2c3c1CCCN3CCC2.c1cc2c3c(c1)CCCN3CCC2.c1ccc2c(c1)CCc1ccccc1N2.c1ccc2c(c1)[nH]c1ccccc12. The van der Waals surface area contributed by atoms with Crippen molar-refractivity contribution >= 4 is 144 Å². The molecule has 0 spiro atoms. The number of aromatic amines is 2. The molecule has 15 aromatic carbocycles. The van der Waals surface area contributed by atoms with Crippen LogP contribution < -0.4 is 15.1 Å². The van der Waals surface area contributed by atoms with E-state index in [-0.39, 0.29) is 6.42 Å². The summed E-state index contributed by atoms with van der Waals surface area (Å²) < 4.78 is 8.71. The Labute approximate surface area is 747 Å². The fourth-order valence-electron chi connectivity index (χ4n) is 19.4. The van der Waals surface area contributed by atoms with Crippen molar-refractivity contribution in [3.8, 4) is 22.8 Å². The van der Waals surface area contributed by atoms with Crippen LogP contribution in [0.2, 0.25) is 0 Å². The Bertz CT molecular complexity index is 7290. The molecule has 0 unspecified atom stereocenters. The lowest BCUT2D eigenvalue weighted by atomic mass is 9.91. The standard InChI is InChI=1S/C15H13N.C14H13N.C14H11N.C13H11NO.C13H11N.C12H15NO.C12H15N.C12H9N.C10H9NO2/c1-16-14-10-6-5-9-13(14)11-15(16)12-7-3-2-4-8-12;1-3-7-13-11(5-1)9-10-12-6-2-4-8-14(12)15-13;1-2-15-13-9-5-3-7-11(13)12-8-4-6-10-14(12)15;1-14-12-5-3-2-4-10(12)11-7-6-9(15)8-13(11)14;1-14-12-8-4-2-6-10(12)11-7-3-5-9-13(11)14;14-11-6-5-9-3-1-7-13-8-2-4-10(11)12(9)13;1-4-10-6-2-8-13-9-3-7-11(5-1)12(10)13;1-3-7-11-9(5-1)10-6-2-4-8-12(10)13-11;12-10(13)5-7-6-11-9-4-2-1-3-8(7)9/h2-11H,1H3;1-8,15H,9-10H2;2-10H,1H2;2-8,15H,1H3;2-9H,1H3;5-6,14H,1-4,7-8H2;1,4-5H,2-3,6-9H2;1-8,13H;1-4,6,11H,5H2,(H,12,13). The van der Waals surface area contributed by atoms with E-state index in [2.05, 4.69) is 349 Å². The van der Waals surface area contributed by atoms with Crippen LogP contribution in [-0.2, 0) is 70.9 Å². The van der Waals surface area contributed by atoms with E-state index in [9.17, 15) is 15.0 Å². The first-order valence-corrected chi connectivity index (χ1v) is 44.8.